The molecule has 1 aromatic heterocycles. The molecule has 1 aliphatic rings. The first-order chi connectivity index (χ1) is 10.4. The van der Waals surface area contributed by atoms with Gasteiger partial charge in [0.2, 0.25) is 0 Å². The van der Waals surface area contributed by atoms with Gasteiger partial charge in [-0.25, -0.2) is 4.98 Å². The Morgan fingerprint density at radius 3 is 2.82 bits per heavy atom. The first kappa shape index (κ1) is 15.2. The number of halogens is 3. The molecule has 0 radical (unpaired) electrons. The summed E-state index contributed by atoms with van der Waals surface area (Å²) in [4.78, 5) is 9.08. The topological polar surface area (TPSA) is 31.9 Å². The fourth-order valence-electron chi connectivity index (χ4n) is 2.72. The molecule has 2 heterocycles. The maximum absolute atomic E-state index is 13.0. The highest BCUT2D eigenvalue weighted by molar-refractivity contribution is 7.71. The van der Waals surface area contributed by atoms with Crippen LogP contribution in [-0.2, 0) is 25.7 Å². The minimum Gasteiger partial charge on any atom is -0.334 e. The first-order valence-electron chi connectivity index (χ1n) is 6.88. The molecule has 116 valence electrons. The summed E-state index contributed by atoms with van der Waals surface area (Å²) in [6.07, 6.45) is -1.89. The molecule has 1 N–H and O–H groups in total. The first-order valence-corrected chi connectivity index (χ1v) is 7.29. The number of aromatic nitrogens is 2. The van der Waals surface area contributed by atoms with E-state index in [-0.39, 0.29) is 6.54 Å². The normalized spacial score (nSPS) is 15.6. The average molecular weight is 325 g/mol. The maximum Gasteiger partial charge on any atom is 0.416 e. The van der Waals surface area contributed by atoms with Crippen molar-refractivity contribution in [3.05, 3.63) is 57.6 Å². The smallest absolute Gasteiger partial charge is 0.334 e. The van der Waals surface area contributed by atoms with Crippen molar-refractivity contribution in [2.75, 3.05) is 6.54 Å². The molecule has 1 aromatic carbocycles. The summed E-state index contributed by atoms with van der Waals surface area (Å²) < 4.78 is 39.6. The Morgan fingerprint density at radius 1 is 1.27 bits per heavy atom. The molecule has 22 heavy (non-hydrogen) atoms. The molecule has 0 saturated heterocycles. The average Bonchev–Trinajstić information content (AvgIpc) is 2.47. The second kappa shape index (κ2) is 5.81. The van der Waals surface area contributed by atoms with Gasteiger partial charge in [-0.05, 0) is 23.8 Å². The fraction of sp³-hybridized carbons (Fsp3) is 0.333. The largest absolute Gasteiger partial charge is 0.416 e. The predicted octanol–water partition coefficient (Wildman–Crippen LogP) is 3.72. The monoisotopic (exact) mass is 325 g/mol. The molecule has 0 saturated carbocycles. The Balaban J connectivity index is 1.81. The molecule has 0 fully saturated rings. The van der Waals surface area contributed by atoms with Crippen molar-refractivity contribution in [2.24, 2.45) is 0 Å². The van der Waals surface area contributed by atoms with Crippen LogP contribution < -0.4 is 0 Å². The second-order valence-electron chi connectivity index (χ2n) is 5.31. The van der Waals surface area contributed by atoms with E-state index >= 15 is 0 Å². The van der Waals surface area contributed by atoms with Gasteiger partial charge < -0.3 is 4.98 Å². The highest BCUT2D eigenvalue weighted by Gasteiger charge is 2.33. The van der Waals surface area contributed by atoms with E-state index in [1.165, 1.54) is 12.1 Å². The van der Waals surface area contributed by atoms with Gasteiger partial charge >= 0.3 is 6.18 Å². The lowest BCUT2D eigenvalue weighted by atomic mass is 10.0. The number of aromatic amines is 1. The Bertz CT molecular complexity index is 739. The quantitative estimate of drug-likeness (QED) is 0.854. The van der Waals surface area contributed by atoms with Crippen LogP contribution in [0.5, 0.6) is 0 Å². The molecular weight excluding hydrogens is 311 g/mol. The Hall–Kier alpha value is -1.73. The summed E-state index contributed by atoms with van der Waals surface area (Å²) >= 11 is 4.98. The SMILES string of the molecule is FC(F)(F)c1ccccc1CN1CCc2[nH]c(=S)ncc2C1. The van der Waals surface area contributed by atoms with E-state index in [1.807, 2.05) is 4.90 Å². The molecule has 3 nitrogen and oxygen atoms in total. The van der Waals surface area contributed by atoms with Crippen LogP contribution >= 0.6 is 12.2 Å². The van der Waals surface area contributed by atoms with Gasteiger partial charge in [-0.3, -0.25) is 4.90 Å². The van der Waals surface area contributed by atoms with Crippen LogP contribution in [0.15, 0.2) is 30.5 Å². The Morgan fingerprint density at radius 2 is 2.05 bits per heavy atom. The molecular formula is C15H14F3N3S. The molecule has 2 aromatic rings. The zero-order chi connectivity index (χ0) is 15.7. The summed E-state index contributed by atoms with van der Waals surface area (Å²) in [6.45, 7) is 1.53. The number of H-pyrrole nitrogens is 1. The molecule has 0 bridgehead atoms. The molecule has 0 atom stereocenters. The fourth-order valence-corrected chi connectivity index (χ4v) is 2.89. The van der Waals surface area contributed by atoms with Gasteiger partial charge in [-0.15, -0.1) is 0 Å². The molecule has 0 spiro atoms. The van der Waals surface area contributed by atoms with Gasteiger partial charge in [0.05, 0.1) is 5.56 Å². The van der Waals surface area contributed by atoms with Crippen LogP contribution in [0.2, 0.25) is 0 Å². The maximum atomic E-state index is 13.0. The van der Waals surface area contributed by atoms with Crippen LogP contribution in [0.3, 0.4) is 0 Å². The van der Waals surface area contributed by atoms with Crippen molar-refractivity contribution in [2.45, 2.75) is 25.7 Å². The summed E-state index contributed by atoms with van der Waals surface area (Å²) in [6, 6.07) is 5.73. The van der Waals surface area contributed by atoms with Crippen molar-refractivity contribution in [3.8, 4) is 0 Å². The third-order valence-corrected chi connectivity index (χ3v) is 3.98. The number of hydrogen-bond donors (Lipinski definition) is 1. The number of hydrogen-bond acceptors (Lipinski definition) is 3. The zero-order valence-electron chi connectivity index (χ0n) is 11.7. The lowest BCUT2D eigenvalue weighted by molar-refractivity contribution is -0.138. The van der Waals surface area contributed by atoms with Gasteiger partial charge in [-0.2, -0.15) is 13.2 Å². The predicted molar refractivity (Wildman–Crippen MR) is 78.7 cm³/mol. The third kappa shape index (κ3) is 3.20. The van der Waals surface area contributed by atoms with Gasteiger partial charge in [-0.1, -0.05) is 18.2 Å². The number of fused-ring (bicyclic) bond motifs is 1. The van der Waals surface area contributed by atoms with Crippen molar-refractivity contribution in [3.63, 3.8) is 0 Å². The molecule has 3 rings (SSSR count). The minimum absolute atomic E-state index is 0.269. The van der Waals surface area contributed by atoms with Crippen molar-refractivity contribution in [1.29, 1.82) is 0 Å². The van der Waals surface area contributed by atoms with Crippen LogP contribution in [0.4, 0.5) is 13.2 Å². The van der Waals surface area contributed by atoms with Crippen LogP contribution in [0.1, 0.15) is 22.4 Å². The standard InChI is InChI=1S/C15H14F3N3S/c16-15(17,18)12-4-2-1-3-10(12)8-21-6-5-13-11(9-21)7-19-14(22)20-13/h1-4,7H,5-6,8-9H2,(H,19,20,22). The van der Waals surface area contributed by atoms with Crippen molar-refractivity contribution < 1.29 is 13.2 Å². The molecule has 0 aliphatic carbocycles. The van der Waals surface area contributed by atoms with Gasteiger partial charge in [0, 0.05) is 43.5 Å². The Kier molecular flexibility index (Phi) is 4.01. The summed E-state index contributed by atoms with van der Waals surface area (Å²) in [7, 11) is 0. The molecule has 0 unspecified atom stereocenters. The van der Waals surface area contributed by atoms with Crippen molar-refractivity contribution in [1.82, 2.24) is 14.9 Å². The van der Waals surface area contributed by atoms with E-state index in [1.54, 1.807) is 12.3 Å². The Labute approximate surface area is 130 Å². The van der Waals surface area contributed by atoms with Crippen LogP contribution in [0, 0.1) is 4.77 Å². The number of benzene rings is 1. The number of nitrogens with one attached hydrogen (secondary N) is 1. The van der Waals surface area contributed by atoms with Crippen LogP contribution in [0.25, 0.3) is 0 Å². The van der Waals surface area contributed by atoms with E-state index in [0.29, 0.717) is 23.4 Å². The highest BCUT2D eigenvalue weighted by Crippen LogP contribution is 2.32. The number of rotatable bonds is 2. The summed E-state index contributed by atoms with van der Waals surface area (Å²) in [5.74, 6) is 0. The lowest BCUT2D eigenvalue weighted by Crippen LogP contribution is -2.31. The van der Waals surface area contributed by atoms with E-state index < -0.39 is 11.7 Å². The lowest BCUT2D eigenvalue weighted by Gasteiger charge is -2.29. The van der Waals surface area contributed by atoms with Crippen LogP contribution in [-0.4, -0.2) is 21.4 Å². The third-order valence-electron chi connectivity index (χ3n) is 3.77. The minimum atomic E-state index is -4.32. The highest BCUT2D eigenvalue weighted by atomic mass is 32.1. The second-order valence-corrected chi connectivity index (χ2v) is 5.69. The van der Waals surface area contributed by atoms with E-state index in [4.69, 9.17) is 12.2 Å². The van der Waals surface area contributed by atoms with Gasteiger partial charge in [0.15, 0.2) is 4.77 Å². The van der Waals surface area contributed by atoms with Crippen molar-refractivity contribution >= 4 is 12.2 Å². The van der Waals surface area contributed by atoms with Gasteiger partial charge in [0.1, 0.15) is 0 Å². The number of alkyl halides is 3. The summed E-state index contributed by atoms with van der Waals surface area (Å²) in [5, 5.41) is 0. The van der Waals surface area contributed by atoms with E-state index in [0.717, 1.165) is 23.7 Å². The molecule has 1 aliphatic heterocycles. The molecule has 7 heteroatoms. The number of nitrogens with zero attached hydrogens (tertiary/aromatic N) is 2. The molecule has 0 amide bonds. The van der Waals surface area contributed by atoms with Gasteiger partial charge in [0.25, 0.3) is 0 Å². The summed E-state index contributed by atoms with van der Waals surface area (Å²) in [5.41, 5.74) is 1.76. The zero-order valence-corrected chi connectivity index (χ0v) is 12.5. The van der Waals surface area contributed by atoms with E-state index in [2.05, 4.69) is 9.97 Å². The van der Waals surface area contributed by atoms with E-state index in [9.17, 15) is 13.2 Å².